The van der Waals surface area contributed by atoms with Crippen LogP contribution in [0.15, 0.2) is 0 Å². The maximum Gasteiger partial charge on any atom is 0.306 e. The molecule has 0 aromatic heterocycles. The Hall–Kier alpha value is -0.530. The Bertz CT molecular complexity index is 188. The van der Waals surface area contributed by atoms with Gasteiger partial charge in [-0.15, -0.1) is 0 Å². The molecule has 0 spiro atoms. The summed E-state index contributed by atoms with van der Waals surface area (Å²) in [4.78, 5) is 10.6. The van der Waals surface area contributed by atoms with Crippen LogP contribution in [0.2, 0.25) is 0 Å². The van der Waals surface area contributed by atoms with Gasteiger partial charge in [0.15, 0.2) is 0 Å². The predicted molar refractivity (Wildman–Crippen MR) is 50.4 cm³/mol. The van der Waals surface area contributed by atoms with Crippen molar-refractivity contribution in [3.05, 3.63) is 0 Å². The van der Waals surface area contributed by atoms with E-state index in [4.69, 9.17) is 5.11 Å². The number of carboxylic acid groups (broad SMARTS) is 1. The highest BCUT2D eigenvalue weighted by Crippen LogP contribution is 2.41. The molecule has 2 aliphatic carbocycles. The van der Waals surface area contributed by atoms with Crippen LogP contribution in [0, 0.1) is 17.8 Å². The van der Waals surface area contributed by atoms with Crippen molar-refractivity contribution >= 4 is 5.97 Å². The molecule has 0 amide bonds. The van der Waals surface area contributed by atoms with Crippen LogP contribution < -0.4 is 0 Å². The van der Waals surface area contributed by atoms with Crippen molar-refractivity contribution in [2.24, 2.45) is 17.8 Å². The average Bonchev–Trinajstić information content (AvgIpc) is 2.46. The largest absolute Gasteiger partial charge is 0.481 e. The number of rotatable bonds is 3. The van der Waals surface area contributed by atoms with Crippen molar-refractivity contribution in [1.29, 1.82) is 0 Å². The second-order valence-electron chi connectivity index (χ2n) is 4.76. The molecule has 2 nitrogen and oxygen atoms in total. The molecule has 0 bridgehead atoms. The summed E-state index contributed by atoms with van der Waals surface area (Å²) in [5.41, 5.74) is 0. The molecule has 0 aliphatic heterocycles. The zero-order valence-corrected chi connectivity index (χ0v) is 8.04. The van der Waals surface area contributed by atoms with Gasteiger partial charge in [-0.1, -0.05) is 25.7 Å². The molecule has 2 saturated carbocycles. The first-order valence-electron chi connectivity index (χ1n) is 5.48. The van der Waals surface area contributed by atoms with E-state index >= 15 is 0 Å². The van der Waals surface area contributed by atoms with Crippen LogP contribution >= 0.6 is 0 Å². The van der Waals surface area contributed by atoms with Crippen molar-refractivity contribution in [3.63, 3.8) is 0 Å². The minimum absolute atomic E-state index is 0.00796. The van der Waals surface area contributed by atoms with Crippen molar-refractivity contribution in [3.8, 4) is 0 Å². The third-order valence-corrected chi connectivity index (χ3v) is 3.73. The zero-order chi connectivity index (χ0) is 9.26. The van der Waals surface area contributed by atoms with E-state index in [0.29, 0.717) is 0 Å². The number of hydrogen-bond donors (Lipinski definition) is 1. The molecule has 0 radical (unpaired) electrons. The Kier molecular flexibility index (Phi) is 2.56. The fourth-order valence-corrected chi connectivity index (χ4v) is 2.85. The van der Waals surface area contributed by atoms with Gasteiger partial charge in [-0.05, 0) is 31.1 Å². The van der Waals surface area contributed by atoms with E-state index in [1.54, 1.807) is 0 Å². The topological polar surface area (TPSA) is 37.3 Å². The van der Waals surface area contributed by atoms with Gasteiger partial charge in [-0.3, -0.25) is 4.79 Å². The normalized spacial score (nSPS) is 34.5. The fourth-order valence-electron chi connectivity index (χ4n) is 2.85. The molecule has 13 heavy (non-hydrogen) atoms. The molecule has 74 valence electrons. The second-order valence-corrected chi connectivity index (χ2v) is 4.76. The number of carbonyl (C=O) groups is 1. The summed E-state index contributed by atoms with van der Waals surface area (Å²) in [6, 6.07) is 0. The number of hydrogen-bond acceptors (Lipinski definition) is 1. The summed E-state index contributed by atoms with van der Waals surface area (Å²) in [7, 11) is 0. The molecule has 2 rings (SSSR count). The lowest BCUT2D eigenvalue weighted by molar-refractivity contribution is -0.146. The zero-order valence-electron chi connectivity index (χ0n) is 8.04. The SMILES string of the molecule is O=C(O)C1CC(CC2CCCC2)C1. The molecule has 0 aromatic carbocycles. The van der Waals surface area contributed by atoms with E-state index in [9.17, 15) is 4.79 Å². The van der Waals surface area contributed by atoms with Crippen molar-refractivity contribution in [1.82, 2.24) is 0 Å². The summed E-state index contributed by atoms with van der Waals surface area (Å²) in [6.45, 7) is 0. The van der Waals surface area contributed by atoms with E-state index in [-0.39, 0.29) is 5.92 Å². The van der Waals surface area contributed by atoms with Crippen molar-refractivity contribution < 1.29 is 9.90 Å². The van der Waals surface area contributed by atoms with Gasteiger partial charge >= 0.3 is 5.97 Å². The average molecular weight is 182 g/mol. The van der Waals surface area contributed by atoms with Gasteiger partial charge in [0.25, 0.3) is 0 Å². The maximum absolute atomic E-state index is 10.6. The summed E-state index contributed by atoms with van der Waals surface area (Å²) in [5, 5.41) is 8.71. The van der Waals surface area contributed by atoms with Gasteiger partial charge in [0.2, 0.25) is 0 Å². The third-order valence-electron chi connectivity index (χ3n) is 3.73. The van der Waals surface area contributed by atoms with Gasteiger partial charge in [-0.25, -0.2) is 0 Å². The lowest BCUT2D eigenvalue weighted by Crippen LogP contribution is -2.31. The van der Waals surface area contributed by atoms with Crippen LogP contribution in [0.3, 0.4) is 0 Å². The summed E-state index contributed by atoms with van der Waals surface area (Å²) < 4.78 is 0. The molecule has 1 N–H and O–H groups in total. The Morgan fingerprint density at radius 3 is 2.31 bits per heavy atom. The number of aliphatic carboxylic acids is 1. The Morgan fingerprint density at radius 1 is 1.15 bits per heavy atom. The predicted octanol–water partition coefficient (Wildman–Crippen LogP) is 2.68. The maximum atomic E-state index is 10.6. The molecule has 0 saturated heterocycles. The molecule has 0 aromatic rings. The molecule has 0 heterocycles. The van der Waals surface area contributed by atoms with Crippen LogP contribution in [-0.2, 0) is 4.79 Å². The van der Waals surface area contributed by atoms with Gasteiger partial charge in [0.05, 0.1) is 5.92 Å². The summed E-state index contributed by atoms with van der Waals surface area (Å²) in [6.07, 6.45) is 8.81. The quantitative estimate of drug-likeness (QED) is 0.728. The number of carboxylic acids is 1. The van der Waals surface area contributed by atoms with Gasteiger partial charge < -0.3 is 5.11 Å². The Balaban J connectivity index is 1.66. The van der Waals surface area contributed by atoms with Gasteiger partial charge in [0.1, 0.15) is 0 Å². The van der Waals surface area contributed by atoms with Crippen molar-refractivity contribution in [2.45, 2.75) is 44.9 Å². The molecule has 0 atom stereocenters. The standard InChI is InChI=1S/C11H18O2/c12-11(13)10-6-9(7-10)5-8-3-1-2-4-8/h8-10H,1-7H2,(H,12,13). The van der Waals surface area contributed by atoms with Crippen LogP contribution in [-0.4, -0.2) is 11.1 Å². The monoisotopic (exact) mass is 182 g/mol. The molecule has 2 aliphatic rings. The van der Waals surface area contributed by atoms with E-state index in [1.807, 2.05) is 0 Å². The second kappa shape index (κ2) is 3.69. The lowest BCUT2D eigenvalue weighted by Gasteiger charge is -2.34. The van der Waals surface area contributed by atoms with Crippen molar-refractivity contribution in [2.75, 3.05) is 0 Å². The minimum atomic E-state index is -0.581. The molecule has 2 fully saturated rings. The van der Waals surface area contributed by atoms with E-state index < -0.39 is 5.97 Å². The lowest BCUT2D eigenvalue weighted by atomic mass is 9.71. The molecule has 2 heteroatoms. The van der Waals surface area contributed by atoms with Gasteiger partial charge in [-0.2, -0.15) is 0 Å². The smallest absolute Gasteiger partial charge is 0.306 e. The molecule has 0 unspecified atom stereocenters. The molecular formula is C11H18O2. The molecular weight excluding hydrogens is 164 g/mol. The summed E-state index contributed by atoms with van der Waals surface area (Å²) in [5.74, 6) is 1.08. The first-order chi connectivity index (χ1) is 6.25. The van der Waals surface area contributed by atoms with E-state index in [2.05, 4.69) is 0 Å². The van der Waals surface area contributed by atoms with Crippen LogP contribution in [0.4, 0.5) is 0 Å². The fraction of sp³-hybridized carbons (Fsp3) is 0.909. The van der Waals surface area contributed by atoms with Gasteiger partial charge in [0, 0.05) is 0 Å². The Morgan fingerprint density at radius 2 is 1.77 bits per heavy atom. The highest BCUT2D eigenvalue weighted by molar-refractivity contribution is 5.71. The highest BCUT2D eigenvalue weighted by Gasteiger charge is 2.35. The van der Waals surface area contributed by atoms with E-state index in [1.165, 1.54) is 32.1 Å². The Labute approximate surface area is 79.3 Å². The minimum Gasteiger partial charge on any atom is -0.481 e. The van der Waals surface area contributed by atoms with E-state index in [0.717, 1.165) is 24.7 Å². The first-order valence-corrected chi connectivity index (χ1v) is 5.48. The van der Waals surface area contributed by atoms with Crippen LogP contribution in [0.25, 0.3) is 0 Å². The van der Waals surface area contributed by atoms with Crippen LogP contribution in [0.5, 0.6) is 0 Å². The summed E-state index contributed by atoms with van der Waals surface area (Å²) >= 11 is 0. The highest BCUT2D eigenvalue weighted by atomic mass is 16.4. The van der Waals surface area contributed by atoms with Crippen LogP contribution in [0.1, 0.15) is 44.9 Å². The third kappa shape index (κ3) is 2.04. The first kappa shape index (κ1) is 9.04.